The summed E-state index contributed by atoms with van der Waals surface area (Å²) in [5.74, 6) is 0. The van der Waals surface area contributed by atoms with E-state index in [4.69, 9.17) is 4.74 Å². The van der Waals surface area contributed by atoms with Crippen LogP contribution in [0, 0.1) is 0 Å². The van der Waals surface area contributed by atoms with Crippen LogP contribution in [0.25, 0.3) is 0 Å². The van der Waals surface area contributed by atoms with Gasteiger partial charge in [-0.05, 0) is 23.4 Å². The Morgan fingerprint density at radius 1 is 1.39 bits per heavy atom. The first kappa shape index (κ1) is 13.5. The Kier molecular flexibility index (Phi) is 5.60. The Bertz CT molecular complexity index is 445. The van der Waals surface area contributed by atoms with Gasteiger partial charge in [0, 0.05) is 38.0 Å². The first-order chi connectivity index (χ1) is 8.88. The molecular formula is C12H15N3OS2. The van der Waals surface area contributed by atoms with Gasteiger partial charge in [0.25, 0.3) is 0 Å². The van der Waals surface area contributed by atoms with E-state index in [1.54, 1.807) is 36.4 Å². The van der Waals surface area contributed by atoms with Gasteiger partial charge >= 0.3 is 0 Å². The molecule has 0 unspecified atom stereocenters. The second-order valence-corrected chi connectivity index (χ2v) is 5.74. The van der Waals surface area contributed by atoms with Gasteiger partial charge in [0.2, 0.25) is 0 Å². The van der Waals surface area contributed by atoms with Gasteiger partial charge in [-0.2, -0.15) is 0 Å². The highest BCUT2D eigenvalue weighted by Crippen LogP contribution is 2.27. The van der Waals surface area contributed by atoms with Gasteiger partial charge in [0.05, 0.1) is 6.61 Å². The summed E-state index contributed by atoms with van der Waals surface area (Å²) >= 11 is 3.22. The molecule has 2 heterocycles. The number of aromatic nitrogens is 2. The monoisotopic (exact) mass is 281 g/mol. The quantitative estimate of drug-likeness (QED) is 0.790. The molecule has 0 fully saturated rings. The lowest BCUT2D eigenvalue weighted by Gasteiger charge is -2.04. The van der Waals surface area contributed by atoms with Crippen LogP contribution in [-0.4, -0.2) is 30.2 Å². The van der Waals surface area contributed by atoms with Gasteiger partial charge in [0.15, 0.2) is 4.34 Å². The number of thiazole rings is 1. The summed E-state index contributed by atoms with van der Waals surface area (Å²) in [6.07, 6.45) is 3.71. The predicted octanol–water partition coefficient (Wildman–Crippen LogP) is 2.43. The predicted molar refractivity (Wildman–Crippen MR) is 74.1 cm³/mol. The molecule has 18 heavy (non-hydrogen) atoms. The highest BCUT2D eigenvalue weighted by molar-refractivity contribution is 8.00. The molecule has 2 rings (SSSR count). The standard InChI is InChI=1S/C12H15N3OS2/c1-16-6-4-13-8-10-2-3-11(15-9-10)18-12-14-5-7-17-12/h2-3,5,7,9,13H,4,6,8H2,1H3. The van der Waals surface area contributed by atoms with Crippen molar-refractivity contribution in [3.8, 4) is 0 Å². The lowest BCUT2D eigenvalue weighted by molar-refractivity contribution is 0.199. The summed E-state index contributed by atoms with van der Waals surface area (Å²) < 4.78 is 5.99. The third kappa shape index (κ3) is 4.38. The summed E-state index contributed by atoms with van der Waals surface area (Å²) in [4.78, 5) is 8.63. The van der Waals surface area contributed by atoms with Crippen molar-refractivity contribution in [1.82, 2.24) is 15.3 Å². The van der Waals surface area contributed by atoms with Gasteiger partial charge in [0.1, 0.15) is 5.03 Å². The molecule has 0 bridgehead atoms. The maximum atomic E-state index is 4.97. The molecule has 0 amide bonds. The number of ether oxygens (including phenoxy) is 1. The molecule has 0 aliphatic heterocycles. The summed E-state index contributed by atoms with van der Waals surface area (Å²) in [7, 11) is 1.70. The highest BCUT2D eigenvalue weighted by Gasteiger charge is 2.01. The van der Waals surface area contributed by atoms with Gasteiger partial charge in [-0.15, -0.1) is 11.3 Å². The maximum absolute atomic E-state index is 4.97. The Hall–Kier alpha value is -0.950. The van der Waals surface area contributed by atoms with E-state index in [-0.39, 0.29) is 0 Å². The molecule has 0 aromatic carbocycles. The molecule has 0 saturated heterocycles. The molecule has 2 aromatic heterocycles. The van der Waals surface area contributed by atoms with Crippen molar-refractivity contribution in [2.24, 2.45) is 0 Å². The average Bonchev–Trinajstić information content (AvgIpc) is 2.89. The maximum Gasteiger partial charge on any atom is 0.156 e. The van der Waals surface area contributed by atoms with E-state index >= 15 is 0 Å². The molecule has 96 valence electrons. The molecule has 6 heteroatoms. The second kappa shape index (κ2) is 7.48. The third-order valence-electron chi connectivity index (χ3n) is 2.21. The van der Waals surface area contributed by atoms with Crippen LogP contribution < -0.4 is 5.32 Å². The molecule has 2 aromatic rings. The Balaban J connectivity index is 1.82. The summed E-state index contributed by atoms with van der Waals surface area (Å²) in [6, 6.07) is 4.11. The zero-order valence-electron chi connectivity index (χ0n) is 10.1. The number of nitrogens with zero attached hydrogens (tertiary/aromatic N) is 2. The van der Waals surface area contributed by atoms with Crippen LogP contribution in [0.4, 0.5) is 0 Å². The molecule has 0 spiro atoms. The number of pyridine rings is 1. The largest absolute Gasteiger partial charge is 0.383 e. The van der Waals surface area contributed by atoms with E-state index in [1.165, 1.54) is 5.56 Å². The minimum Gasteiger partial charge on any atom is -0.383 e. The zero-order chi connectivity index (χ0) is 12.6. The van der Waals surface area contributed by atoms with Crippen LogP contribution in [0.5, 0.6) is 0 Å². The Morgan fingerprint density at radius 2 is 2.33 bits per heavy atom. The fourth-order valence-electron chi connectivity index (χ4n) is 1.33. The highest BCUT2D eigenvalue weighted by atomic mass is 32.2. The van der Waals surface area contributed by atoms with Crippen LogP contribution >= 0.6 is 23.1 Å². The van der Waals surface area contributed by atoms with Crippen LogP contribution in [0.15, 0.2) is 39.3 Å². The van der Waals surface area contributed by atoms with Crippen LogP contribution in [0.1, 0.15) is 5.56 Å². The first-order valence-corrected chi connectivity index (χ1v) is 7.30. The van der Waals surface area contributed by atoms with E-state index in [2.05, 4.69) is 21.4 Å². The lowest BCUT2D eigenvalue weighted by atomic mass is 10.3. The molecule has 0 radical (unpaired) electrons. The van der Waals surface area contributed by atoms with Gasteiger partial charge in [-0.1, -0.05) is 6.07 Å². The Morgan fingerprint density at radius 3 is 3.00 bits per heavy atom. The van der Waals surface area contributed by atoms with E-state index < -0.39 is 0 Å². The summed E-state index contributed by atoms with van der Waals surface area (Å²) in [5, 5.41) is 6.23. The molecule has 0 aliphatic carbocycles. The molecule has 4 nitrogen and oxygen atoms in total. The molecule has 0 atom stereocenters. The van der Waals surface area contributed by atoms with E-state index in [9.17, 15) is 0 Å². The lowest BCUT2D eigenvalue weighted by Crippen LogP contribution is -2.18. The normalized spacial score (nSPS) is 10.7. The number of hydrogen-bond acceptors (Lipinski definition) is 6. The van der Waals surface area contributed by atoms with Crippen molar-refractivity contribution in [3.63, 3.8) is 0 Å². The number of methoxy groups -OCH3 is 1. The van der Waals surface area contributed by atoms with Crippen molar-refractivity contribution in [2.45, 2.75) is 15.9 Å². The average molecular weight is 281 g/mol. The van der Waals surface area contributed by atoms with Gasteiger partial charge in [-0.3, -0.25) is 0 Å². The van der Waals surface area contributed by atoms with Crippen LogP contribution in [-0.2, 0) is 11.3 Å². The smallest absolute Gasteiger partial charge is 0.156 e. The van der Waals surface area contributed by atoms with E-state index in [1.807, 2.05) is 17.6 Å². The number of nitrogens with one attached hydrogen (secondary N) is 1. The van der Waals surface area contributed by atoms with Crippen molar-refractivity contribution >= 4 is 23.1 Å². The SMILES string of the molecule is COCCNCc1ccc(Sc2nccs2)nc1. The fraction of sp³-hybridized carbons (Fsp3) is 0.333. The van der Waals surface area contributed by atoms with Crippen molar-refractivity contribution in [1.29, 1.82) is 0 Å². The van der Waals surface area contributed by atoms with Crippen LogP contribution in [0.2, 0.25) is 0 Å². The second-order valence-electron chi connectivity index (χ2n) is 3.57. The Labute approximate surface area is 115 Å². The van der Waals surface area contributed by atoms with Crippen molar-refractivity contribution in [2.75, 3.05) is 20.3 Å². The van der Waals surface area contributed by atoms with Crippen molar-refractivity contribution in [3.05, 3.63) is 35.5 Å². The minimum absolute atomic E-state index is 0.728. The molecule has 1 N–H and O–H groups in total. The fourth-order valence-corrected chi connectivity index (χ4v) is 2.84. The molecule has 0 saturated carbocycles. The van der Waals surface area contributed by atoms with E-state index in [0.29, 0.717) is 0 Å². The van der Waals surface area contributed by atoms with E-state index in [0.717, 1.165) is 29.1 Å². The third-order valence-corrected chi connectivity index (χ3v) is 4.05. The van der Waals surface area contributed by atoms with Crippen LogP contribution in [0.3, 0.4) is 0 Å². The van der Waals surface area contributed by atoms with Gasteiger partial charge < -0.3 is 10.1 Å². The van der Waals surface area contributed by atoms with Crippen molar-refractivity contribution < 1.29 is 4.74 Å². The number of rotatable bonds is 7. The topological polar surface area (TPSA) is 47.0 Å². The minimum atomic E-state index is 0.728. The summed E-state index contributed by atoms with van der Waals surface area (Å²) in [5.41, 5.74) is 1.18. The molecular weight excluding hydrogens is 266 g/mol. The molecule has 0 aliphatic rings. The number of hydrogen-bond donors (Lipinski definition) is 1. The summed E-state index contributed by atoms with van der Waals surface area (Å²) in [6.45, 7) is 2.40. The first-order valence-electron chi connectivity index (χ1n) is 5.60. The zero-order valence-corrected chi connectivity index (χ0v) is 11.8. The van der Waals surface area contributed by atoms with Gasteiger partial charge in [-0.25, -0.2) is 9.97 Å².